The average Bonchev–Trinajstić information content (AvgIpc) is 2.01. The Hall–Kier alpha value is -0.740. The second-order valence-electron chi connectivity index (χ2n) is 3.43. The molecule has 0 saturated carbocycles. The number of likely N-dealkylation sites (N-methyl/N-ethyl adjacent to an activating group) is 1. The predicted molar refractivity (Wildman–Crippen MR) is 63.5 cm³/mol. The standard InChI is InChI=1S/C10H15BrN2O/c1-7(14)6-13(2)10-4-3-8(11)5-9(10)12/h3-5,7,14H,6,12H2,1-2H3. The number of nitrogens with zero attached hydrogens (tertiary/aromatic N) is 1. The van der Waals surface area contributed by atoms with Crippen molar-refractivity contribution in [3.63, 3.8) is 0 Å². The number of rotatable bonds is 3. The van der Waals surface area contributed by atoms with Crippen LogP contribution in [0, 0.1) is 0 Å². The molecule has 14 heavy (non-hydrogen) atoms. The topological polar surface area (TPSA) is 49.5 Å². The minimum absolute atomic E-state index is 0.358. The molecule has 0 heterocycles. The molecule has 0 radical (unpaired) electrons. The first-order chi connectivity index (χ1) is 6.50. The SMILES string of the molecule is CC(O)CN(C)c1ccc(Br)cc1N. The third-order valence-corrected chi connectivity index (χ3v) is 2.43. The number of aliphatic hydroxyl groups excluding tert-OH is 1. The molecule has 0 bridgehead atoms. The maximum atomic E-state index is 9.24. The minimum Gasteiger partial charge on any atom is -0.397 e. The highest BCUT2D eigenvalue weighted by molar-refractivity contribution is 9.10. The van der Waals surface area contributed by atoms with Crippen molar-refractivity contribution >= 4 is 27.3 Å². The predicted octanol–water partition coefficient (Wildman–Crippen LogP) is 1.85. The van der Waals surface area contributed by atoms with E-state index in [-0.39, 0.29) is 6.10 Å². The normalized spacial score (nSPS) is 12.6. The summed E-state index contributed by atoms with van der Waals surface area (Å²) in [5.41, 5.74) is 7.49. The van der Waals surface area contributed by atoms with E-state index in [4.69, 9.17) is 5.73 Å². The van der Waals surface area contributed by atoms with Crippen molar-refractivity contribution in [3.8, 4) is 0 Å². The van der Waals surface area contributed by atoms with Gasteiger partial charge in [0.05, 0.1) is 17.5 Å². The molecule has 0 spiro atoms. The van der Waals surface area contributed by atoms with E-state index in [1.165, 1.54) is 0 Å². The van der Waals surface area contributed by atoms with Gasteiger partial charge in [-0.05, 0) is 25.1 Å². The van der Waals surface area contributed by atoms with Gasteiger partial charge in [0.25, 0.3) is 0 Å². The Kier molecular flexibility index (Phi) is 3.77. The second kappa shape index (κ2) is 4.66. The van der Waals surface area contributed by atoms with Gasteiger partial charge in [0.1, 0.15) is 0 Å². The van der Waals surface area contributed by atoms with Gasteiger partial charge in [-0.2, -0.15) is 0 Å². The number of anilines is 2. The van der Waals surface area contributed by atoms with Gasteiger partial charge in [0.15, 0.2) is 0 Å². The minimum atomic E-state index is -0.358. The molecule has 1 atom stereocenters. The smallest absolute Gasteiger partial charge is 0.0686 e. The lowest BCUT2D eigenvalue weighted by Crippen LogP contribution is -2.27. The van der Waals surface area contributed by atoms with Crippen LogP contribution in [0.2, 0.25) is 0 Å². The van der Waals surface area contributed by atoms with Crippen molar-refractivity contribution in [2.45, 2.75) is 13.0 Å². The zero-order valence-electron chi connectivity index (χ0n) is 8.37. The number of nitrogens with two attached hydrogens (primary N) is 1. The van der Waals surface area contributed by atoms with Crippen LogP contribution in [0.25, 0.3) is 0 Å². The maximum absolute atomic E-state index is 9.24. The van der Waals surface area contributed by atoms with Gasteiger partial charge in [-0.15, -0.1) is 0 Å². The van der Waals surface area contributed by atoms with Crippen molar-refractivity contribution in [1.82, 2.24) is 0 Å². The van der Waals surface area contributed by atoms with E-state index in [1.54, 1.807) is 6.92 Å². The Labute approximate surface area is 92.7 Å². The van der Waals surface area contributed by atoms with Crippen molar-refractivity contribution in [3.05, 3.63) is 22.7 Å². The van der Waals surface area contributed by atoms with E-state index in [2.05, 4.69) is 15.9 Å². The number of hydrogen-bond acceptors (Lipinski definition) is 3. The van der Waals surface area contributed by atoms with Gasteiger partial charge in [-0.3, -0.25) is 0 Å². The van der Waals surface area contributed by atoms with Crippen LogP contribution in [0.5, 0.6) is 0 Å². The molecule has 1 aromatic rings. The van der Waals surface area contributed by atoms with Crippen LogP contribution >= 0.6 is 15.9 Å². The lowest BCUT2D eigenvalue weighted by atomic mass is 10.2. The van der Waals surface area contributed by atoms with Gasteiger partial charge < -0.3 is 15.7 Å². The van der Waals surface area contributed by atoms with Crippen molar-refractivity contribution in [2.24, 2.45) is 0 Å². The summed E-state index contributed by atoms with van der Waals surface area (Å²) < 4.78 is 0.962. The molecule has 0 aliphatic rings. The molecular formula is C10H15BrN2O. The van der Waals surface area contributed by atoms with Crippen LogP contribution in [0.4, 0.5) is 11.4 Å². The lowest BCUT2D eigenvalue weighted by molar-refractivity contribution is 0.201. The molecule has 1 aromatic carbocycles. The van der Waals surface area contributed by atoms with Crippen LogP contribution < -0.4 is 10.6 Å². The highest BCUT2D eigenvalue weighted by Gasteiger charge is 2.07. The quantitative estimate of drug-likeness (QED) is 0.814. The number of hydrogen-bond donors (Lipinski definition) is 2. The maximum Gasteiger partial charge on any atom is 0.0686 e. The van der Waals surface area contributed by atoms with E-state index >= 15 is 0 Å². The molecule has 1 unspecified atom stereocenters. The monoisotopic (exact) mass is 258 g/mol. The molecule has 0 aliphatic heterocycles. The lowest BCUT2D eigenvalue weighted by Gasteiger charge is -2.22. The summed E-state index contributed by atoms with van der Waals surface area (Å²) in [5, 5.41) is 9.24. The van der Waals surface area contributed by atoms with Crippen LogP contribution in [0.1, 0.15) is 6.92 Å². The molecule has 0 amide bonds. The number of benzene rings is 1. The van der Waals surface area contributed by atoms with Crippen LogP contribution in [0.15, 0.2) is 22.7 Å². The Morgan fingerprint density at radius 3 is 2.71 bits per heavy atom. The molecule has 3 nitrogen and oxygen atoms in total. The first-order valence-electron chi connectivity index (χ1n) is 4.45. The summed E-state index contributed by atoms with van der Waals surface area (Å²) in [6.07, 6.45) is -0.358. The molecule has 4 heteroatoms. The fourth-order valence-corrected chi connectivity index (χ4v) is 1.75. The van der Waals surface area contributed by atoms with E-state index in [9.17, 15) is 5.11 Å². The summed E-state index contributed by atoms with van der Waals surface area (Å²) in [6, 6.07) is 5.72. The van der Waals surface area contributed by atoms with Crippen molar-refractivity contribution in [2.75, 3.05) is 24.2 Å². The molecular weight excluding hydrogens is 244 g/mol. The Morgan fingerprint density at radius 2 is 2.21 bits per heavy atom. The molecule has 1 rings (SSSR count). The van der Waals surface area contributed by atoms with E-state index in [1.807, 2.05) is 30.1 Å². The molecule has 0 saturated heterocycles. The summed E-state index contributed by atoms with van der Waals surface area (Å²) >= 11 is 3.35. The van der Waals surface area contributed by atoms with Crippen LogP contribution in [-0.4, -0.2) is 24.8 Å². The Bertz CT molecular complexity index is 315. The summed E-state index contributed by atoms with van der Waals surface area (Å²) in [5.74, 6) is 0. The number of nitrogen functional groups attached to an aromatic ring is 1. The molecule has 3 N–H and O–H groups in total. The third-order valence-electron chi connectivity index (χ3n) is 1.94. The summed E-state index contributed by atoms with van der Waals surface area (Å²) in [4.78, 5) is 1.94. The summed E-state index contributed by atoms with van der Waals surface area (Å²) in [7, 11) is 1.91. The Morgan fingerprint density at radius 1 is 1.57 bits per heavy atom. The van der Waals surface area contributed by atoms with Gasteiger partial charge in [0.2, 0.25) is 0 Å². The van der Waals surface area contributed by atoms with Crippen molar-refractivity contribution < 1.29 is 5.11 Å². The Balaban J connectivity index is 2.84. The van der Waals surface area contributed by atoms with Gasteiger partial charge in [0, 0.05) is 18.1 Å². The zero-order chi connectivity index (χ0) is 10.7. The van der Waals surface area contributed by atoms with Crippen LogP contribution in [0.3, 0.4) is 0 Å². The summed E-state index contributed by atoms with van der Waals surface area (Å²) in [6.45, 7) is 2.33. The van der Waals surface area contributed by atoms with Crippen molar-refractivity contribution in [1.29, 1.82) is 0 Å². The fourth-order valence-electron chi connectivity index (χ4n) is 1.37. The first kappa shape index (κ1) is 11.3. The third kappa shape index (κ3) is 2.89. The number of aliphatic hydroxyl groups is 1. The van der Waals surface area contributed by atoms with Gasteiger partial charge in [-0.25, -0.2) is 0 Å². The van der Waals surface area contributed by atoms with E-state index in [0.717, 1.165) is 10.2 Å². The van der Waals surface area contributed by atoms with Gasteiger partial charge in [-0.1, -0.05) is 15.9 Å². The van der Waals surface area contributed by atoms with E-state index in [0.29, 0.717) is 12.2 Å². The molecule has 0 aromatic heterocycles. The largest absolute Gasteiger partial charge is 0.397 e. The molecule has 0 aliphatic carbocycles. The fraction of sp³-hybridized carbons (Fsp3) is 0.400. The average molecular weight is 259 g/mol. The number of halogens is 1. The van der Waals surface area contributed by atoms with Crippen LogP contribution in [-0.2, 0) is 0 Å². The molecule has 0 fully saturated rings. The highest BCUT2D eigenvalue weighted by atomic mass is 79.9. The molecule has 78 valence electrons. The highest BCUT2D eigenvalue weighted by Crippen LogP contribution is 2.25. The van der Waals surface area contributed by atoms with Gasteiger partial charge >= 0.3 is 0 Å². The second-order valence-corrected chi connectivity index (χ2v) is 4.35. The first-order valence-corrected chi connectivity index (χ1v) is 5.24. The zero-order valence-corrected chi connectivity index (χ0v) is 9.95. The van der Waals surface area contributed by atoms with E-state index < -0.39 is 0 Å².